The van der Waals surface area contributed by atoms with Gasteiger partial charge in [0.25, 0.3) is 0 Å². The first-order valence-electron chi connectivity index (χ1n) is 6.67. The summed E-state index contributed by atoms with van der Waals surface area (Å²) in [6, 6.07) is -0.00870. The number of carbonyl (C=O) groups excluding carboxylic acids is 1. The molecule has 92 valence electrons. The van der Waals surface area contributed by atoms with E-state index in [4.69, 9.17) is 0 Å². The Morgan fingerprint density at radius 3 is 2.25 bits per heavy atom. The molecule has 1 unspecified atom stereocenters. The molecule has 3 nitrogen and oxygen atoms in total. The van der Waals surface area contributed by atoms with E-state index >= 15 is 0 Å². The predicted octanol–water partition coefficient (Wildman–Crippen LogP) is 1.92. The molecule has 1 atom stereocenters. The highest BCUT2D eigenvalue weighted by atomic mass is 16.2. The molecule has 2 rings (SSSR count). The van der Waals surface area contributed by atoms with Gasteiger partial charge in [0.15, 0.2) is 0 Å². The minimum Gasteiger partial charge on any atom is -0.341 e. The first-order chi connectivity index (χ1) is 7.61. The van der Waals surface area contributed by atoms with Crippen LogP contribution in [0.25, 0.3) is 0 Å². The summed E-state index contributed by atoms with van der Waals surface area (Å²) in [5.41, 5.74) is 0.251. The second kappa shape index (κ2) is 4.74. The Morgan fingerprint density at radius 2 is 1.75 bits per heavy atom. The van der Waals surface area contributed by atoms with Crippen LogP contribution in [0, 0.1) is 0 Å². The molecule has 1 amide bonds. The quantitative estimate of drug-likeness (QED) is 0.794. The SMILES string of the molecule is CC(NC1(C)CC1)C(=O)N1CCCCCC1. The van der Waals surface area contributed by atoms with Crippen LogP contribution in [-0.2, 0) is 4.79 Å². The number of carbonyl (C=O) groups is 1. The molecular weight excluding hydrogens is 200 g/mol. The van der Waals surface area contributed by atoms with Crippen LogP contribution < -0.4 is 5.32 Å². The van der Waals surface area contributed by atoms with E-state index in [2.05, 4.69) is 17.1 Å². The lowest BCUT2D eigenvalue weighted by atomic mass is 10.2. The van der Waals surface area contributed by atoms with Crippen LogP contribution >= 0.6 is 0 Å². The average molecular weight is 224 g/mol. The van der Waals surface area contributed by atoms with Crippen molar-refractivity contribution in [1.29, 1.82) is 0 Å². The molecule has 1 heterocycles. The van der Waals surface area contributed by atoms with Gasteiger partial charge in [-0.15, -0.1) is 0 Å². The summed E-state index contributed by atoms with van der Waals surface area (Å²) in [5.74, 6) is 0.301. The molecule has 0 aromatic heterocycles. The number of nitrogens with one attached hydrogen (secondary N) is 1. The smallest absolute Gasteiger partial charge is 0.239 e. The number of likely N-dealkylation sites (tertiary alicyclic amines) is 1. The minimum absolute atomic E-state index is 0.00870. The molecule has 1 aliphatic carbocycles. The van der Waals surface area contributed by atoms with Crippen LogP contribution in [0.4, 0.5) is 0 Å². The first-order valence-corrected chi connectivity index (χ1v) is 6.67. The van der Waals surface area contributed by atoms with Crippen LogP contribution in [0.3, 0.4) is 0 Å². The maximum absolute atomic E-state index is 12.2. The third-order valence-corrected chi connectivity index (χ3v) is 3.85. The fourth-order valence-electron chi connectivity index (χ4n) is 2.48. The summed E-state index contributed by atoms with van der Waals surface area (Å²) in [5, 5.41) is 3.46. The molecule has 0 radical (unpaired) electrons. The Labute approximate surface area is 98.6 Å². The lowest BCUT2D eigenvalue weighted by Crippen LogP contribution is -2.48. The molecular formula is C13H24N2O. The van der Waals surface area contributed by atoms with Gasteiger partial charge in [-0.3, -0.25) is 4.79 Å². The maximum atomic E-state index is 12.2. The van der Waals surface area contributed by atoms with Crippen LogP contribution in [0.5, 0.6) is 0 Å². The Hall–Kier alpha value is -0.570. The highest BCUT2D eigenvalue weighted by Gasteiger charge is 2.39. The van der Waals surface area contributed by atoms with Gasteiger partial charge in [-0.05, 0) is 39.5 Å². The van der Waals surface area contributed by atoms with E-state index in [1.165, 1.54) is 38.5 Å². The molecule has 1 N–H and O–H groups in total. The molecule has 1 aliphatic heterocycles. The van der Waals surface area contributed by atoms with Crippen molar-refractivity contribution in [3.63, 3.8) is 0 Å². The summed E-state index contributed by atoms with van der Waals surface area (Å²) in [6.07, 6.45) is 7.34. The zero-order valence-corrected chi connectivity index (χ0v) is 10.6. The van der Waals surface area contributed by atoms with Crippen molar-refractivity contribution < 1.29 is 4.79 Å². The van der Waals surface area contributed by atoms with Crippen molar-refractivity contribution in [3.8, 4) is 0 Å². The van der Waals surface area contributed by atoms with Crippen LogP contribution in [0.2, 0.25) is 0 Å². The molecule has 16 heavy (non-hydrogen) atoms. The maximum Gasteiger partial charge on any atom is 0.239 e. The molecule has 2 fully saturated rings. The van der Waals surface area contributed by atoms with E-state index in [9.17, 15) is 4.79 Å². The van der Waals surface area contributed by atoms with Crippen molar-refractivity contribution in [2.45, 2.75) is 64.0 Å². The molecule has 2 aliphatic rings. The second-order valence-corrected chi connectivity index (χ2v) is 5.67. The van der Waals surface area contributed by atoms with Crippen molar-refractivity contribution in [3.05, 3.63) is 0 Å². The molecule has 1 saturated carbocycles. The largest absolute Gasteiger partial charge is 0.341 e. The van der Waals surface area contributed by atoms with E-state index in [-0.39, 0.29) is 11.6 Å². The molecule has 0 bridgehead atoms. The Balaban J connectivity index is 1.84. The summed E-state index contributed by atoms with van der Waals surface area (Å²) in [6.45, 7) is 6.14. The van der Waals surface area contributed by atoms with Crippen LogP contribution in [-0.4, -0.2) is 35.5 Å². The highest BCUT2D eigenvalue weighted by Crippen LogP contribution is 2.34. The van der Waals surface area contributed by atoms with E-state index in [1.807, 2.05) is 6.92 Å². The highest BCUT2D eigenvalue weighted by molar-refractivity contribution is 5.81. The summed E-state index contributed by atoms with van der Waals surface area (Å²) < 4.78 is 0. The third kappa shape index (κ3) is 2.97. The van der Waals surface area contributed by atoms with E-state index in [0.717, 1.165) is 13.1 Å². The number of hydrogen-bond acceptors (Lipinski definition) is 2. The van der Waals surface area contributed by atoms with Gasteiger partial charge in [0.1, 0.15) is 0 Å². The van der Waals surface area contributed by atoms with Crippen molar-refractivity contribution in [2.24, 2.45) is 0 Å². The van der Waals surface area contributed by atoms with Gasteiger partial charge in [-0.1, -0.05) is 12.8 Å². The molecule has 0 spiro atoms. The van der Waals surface area contributed by atoms with Crippen molar-refractivity contribution in [2.75, 3.05) is 13.1 Å². The first kappa shape index (κ1) is 11.9. The summed E-state index contributed by atoms with van der Waals surface area (Å²) >= 11 is 0. The van der Waals surface area contributed by atoms with Crippen LogP contribution in [0.15, 0.2) is 0 Å². The van der Waals surface area contributed by atoms with Gasteiger partial charge in [-0.25, -0.2) is 0 Å². The second-order valence-electron chi connectivity index (χ2n) is 5.67. The van der Waals surface area contributed by atoms with Crippen LogP contribution in [0.1, 0.15) is 52.4 Å². The van der Waals surface area contributed by atoms with Gasteiger partial charge < -0.3 is 10.2 Å². The van der Waals surface area contributed by atoms with Gasteiger partial charge >= 0.3 is 0 Å². The number of rotatable bonds is 3. The monoisotopic (exact) mass is 224 g/mol. The summed E-state index contributed by atoms with van der Waals surface area (Å²) in [7, 11) is 0. The van der Waals surface area contributed by atoms with Gasteiger partial charge in [0.05, 0.1) is 6.04 Å². The molecule has 0 aromatic carbocycles. The average Bonchev–Trinajstić information content (AvgIpc) is 3.01. The number of hydrogen-bond donors (Lipinski definition) is 1. The lowest BCUT2D eigenvalue weighted by Gasteiger charge is -2.26. The topological polar surface area (TPSA) is 32.3 Å². The Morgan fingerprint density at radius 1 is 1.19 bits per heavy atom. The van der Waals surface area contributed by atoms with E-state index < -0.39 is 0 Å². The molecule has 3 heteroatoms. The van der Waals surface area contributed by atoms with Gasteiger partial charge in [0, 0.05) is 18.6 Å². The fourth-order valence-corrected chi connectivity index (χ4v) is 2.48. The van der Waals surface area contributed by atoms with Gasteiger partial charge in [0.2, 0.25) is 5.91 Å². The standard InChI is InChI=1S/C13H24N2O/c1-11(14-13(2)7-8-13)12(16)15-9-5-3-4-6-10-15/h11,14H,3-10H2,1-2H3. The predicted molar refractivity (Wildman–Crippen MR) is 65.3 cm³/mol. The number of nitrogens with zero attached hydrogens (tertiary/aromatic N) is 1. The normalized spacial score (nSPS) is 26.0. The Kier molecular flexibility index (Phi) is 3.53. The molecule has 1 saturated heterocycles. The minimum atomic E-state index is -0.00870. The third-order valence-electron chi connectivity index (χ3n) is 3.85. The Bertz CT molecular complexity index is 253. The fraction of sp³-hybridized carbons (Fsp3) is 0.923. The lowest BCUT2D eigenvalue weighted by molar-refractivity contribution is -0.133. The molecule has 0 aromatic rings. The summed E-state index contributed by atoms with van der Waals surface area (Å²) in [4.78, 5) is 14.3. The van der Waals surface area contributed by atoms with Gasteiger partial charge in [-0.2, -0.15) is 0 Å². The van der Waals surface area contributed by atoms with E-state index in [0.29, 0.717) is 5.91 Å². The van der Waals surface area contributed by atoms with Crippen molar-refractivity contribution in [1.82, 2.24) is 10.2 Å². The number of amides is 1. The van der Waals surface area contributed by atoms with Crippen molar-refractivity contribution >= 4 is 5.91 Å². The zero-order valence-electron chi connectivity index (χ0n) is 10.6. The zero-order chi connectivity index (χ0) is 11.6. The van der Waals surface area contributed by atoms with E-state index in [1.54, 1.807) is 0 Å².